The quantitative estimate of drug-likeness (QED) is 0.386. The van der Waals surface area contributed by atoms with Crippen molar-refractivity contribution < 1.29 is 19.4 Å². The zero-order chi connectivity index (χ0) is 28.5. The van der Waals surface area contributed by atoms with Crippen LogP contribution in [0.4, 0.5) is 5.13 Å². The van der Waals surface area contributed by atoms with Crippen molar-refractivity contribution in [3.63, 3.8) is 0 Å². The van der Waals surface area contributed by atoms with Crippen molar-refractivity contribution in [2.24, 2.45) is 17.8 Å². The number of nitrogens with zero attached hydrogens (tertiary/aromatic N) is 4. The summed E-state index contributed by atoms with van der Waals surface area (Å²) in [7, 11) is 0. The highest BCUT2D eigenvalue weighted by atomic mass is 32.1. The second kappa shape index (κ2) is 11.8. The van der Waals surface area contributed by atoms with Crippen LogP contribution in [0, 0.1) is 36.0 Å². The Morgan fingerprint density at radius 1 is 1.22 bits per heavy atom. The fourth-order valence-electron chi connectivity index (χ4n) is 6.62. The number of carboxylic acids is 1. The summed E-state index contributed by atoms with van der Waals surface area (Å²) in [5.74, 6) is 0.230. The maximum atomic E-state index is 11.8. The highest BCUT2D eigenvalue weighted by Gasteiger charge is 2.46. The summed E-state index contributed by atoms with van der Waals surface area (Å²) in [6.07, 6.45) is 1.95. The smallest absolute Gasteiger partial charge is 0.307 e. The zero-order valence-electron chi connectivity index (χ0n) is 23.6. The number of morpholine rings is 1. The number of hydrogen-bond donors (Lipinski definition) is 1. The molecule has 2 saturated heterocycles. The molecule has 8 nitrogen and oxygen atoms in total. The van der Waals surface area contributed by atoms with E-state index in [4.69, 9.17) is 14.5 Å². The Morgan fingerprint density at radius 3 is 2.76 bits per heavy atom. The molecule has 1 aromatic heterocycles. The second-order valence-corrected chi connectivity index (χ2v) is 12.5. The third-order valence-corrected chi connectivity index (χ3v) is 9.76. The summed E-state index contributed by atoms with van der Waals surface area (Å²) in [6.45, 7) is 9.17. The highest BCUT2D eigenvalue weighted by molar-refractivity contribution is 7.14. The minimum absolute atomic E-state index is 0.189. The molecule has 214 valence electrons. The topological polar surface area (TPSA) is 98.9 Å². The van der Waals surface area contributed by atoms with Crippen LogP contribution in [0.3, 0.4) is 0 Å². The van der Waals surface area contributed by atoms with E-state index >= 15 is 0 Å². The van der Waals surface area contributed by atoms with E-state index in [2.05, 4.69) is 47.2 Å². The first-order valence-electron chi connectivity index (χ1n) is 14.4. The summed E-state index contributed by atoms with van der Waals surface area (Å²) < 4.78 is 11.9. The molecule has 0 spiro atoms. The van der Waals surface area contributed by atoms with Crippen molar-refractivity contribution in [2.45, 2.75) is 45.9 Å². The van der Waals surface area contributed by atoms with Gasteiger partial charge in [0, 0.05) is 48.7 Å². The Hall–Kier alpha value is -3.45. The van der Waals surface area contributed by atoms with Gasteiger partial charge in [-0.1, -0.05) is 23.8 Å². The summed E-state index contributed by atoms with van der Waals surface area (Å²) >= 11 is 1.60. The number of rotatable bonds is 8. The van der Waals surface area contributed by atoms with Gasteiger partial charge in [0.05, 0.1) is 36.5 Å². The Morgan fingerprint density at radius 2 is 2.02 bits per heavy atom. The summed E-state index contributed by atoms with van der Waals surface area (Å²) in [5.41, 5.74) is 5.49. The largest absolute Gasteiger partial charge is 0.488 e. The number of carbonyl (C=O) groups is 1. The average Bonchev–Trinajstić information content (AvgIpc) is 3.56. The van der Waals surface area contributed by atoms with Crippen LogP contribution in [-0.2, 0) is 22.7 Å². The molecule has 41 heavy (non-hydrogen) atoms. The first-order chi connectivity index (χ1) is 19.9. The van der Waals surface area contributed by atoms with E-state index in [0.29, 0.717) is 11.6 Å². The molecule has 3 aromatic rings. The lowest BCUT2D eigenvalue weighted by Crippen LogP contribution is -2.44. The zero-order valence-corrected chi connectivity index (χ0v) is 24.4. The highest BCUT2D eigenvalue weighted by Crippen LogP contribution is 2.44. The molecule has 3 fully saturated rings. The molecule has 3 aliphatic rings. The number of fused-ring (bicyclic) bond motifs is 2. The van der Waals surface area contributed by atoms with Gasteiger partial charge in [0.2, 0.25) is 0 Å². The SMILES string of the molecule is Cc1ccc(OCc2ccc(CN3CCOCC3C)cc2C#N)c(-c2csc(N3C[C@H]4CC[C@@H](C3)C4C(=O)O)n2)c1. The molecule has 9 heteroatoms. The number of anilines is 1. The molecule has 0 radical (unpaired) electrons. The molecular weight excluding hydrogens is 536 g/mol. The minimum atomic E-state index is -0.653. The normalized spacial score (nSPS) is 24.3. The molecule has 2 unspecified atom stereocenters. The van der Waals surface area contributed by atoms with Gasteiger partial charge < -0.3 is 19.5 Å². The van der Waals surface area contributed by atoms with Crippen molar-refractivity contribution in [2.75, 3.05) is 37.7 Å². The lowest BCUT2D eigenvalue weighted by molar-refractivity contribution is -0.144. The molecule has 1 N–H and O–H groups in total. The molecule has 2 aliphatic heterocycles. The van der Waals surface area contributed by atoms with Gasteiger partial charge in [-0.25, -0.2) is 4.98 Å². The number of hydrogen-bond acceptors (Lipinski definition) is 8. The standard InChI is InChI=1S/C32H36N4O4S/c1-20-3-8-29(40-18-25-5-4-22(12-26(25)13-33)14-35-9-10-39-17-21(35)2)27(11-20)28-19-41-32(34-28)36-15-23-6-7-24(16-36)30(23)31(37)38/h3-5,8,11-12,19,21,23-24,30H,6-7,9-10,14-18H2,1-2H3,(H,37,38)/t21?,23-,24+,30?. The van der Waals surface area contributed by atoms with Crippen molar-refractivity contribution in [3.05, 3.63) is 64.0 Å². The van der Waals surface area contributed by atoms with Gasteiger partial charge in [-0.3, -0.25) is 9.69 Å². The molecule has 6 rings (SSSR count). The van der Waals surface area contributed by atoms with Crippen LogP contribution in [0.25, 0.3) is 11.3 Å². The Kier molecular flexibility index (Phi) is 7.98. The number of thiazole rings is 1. The summed E-state index contributed by atoms with van der Waals surface area (Å²) in [5, 5.41) is 22.6. The van der Waals surface area contributed by atoms with Crippen molar-refractivity contribution in [1.82, 2.24) is 9.88 Å². The van der Waals surface area contributed by atoms with Gasteiger partial charge in [-0.2, -0.15) is 5.26 Å². The van der Waals surface area contributed by atoms with Gasteiger partial charge >= 0.3 is 5.97 Å². The fraction of sp³-hybridized carbons (Fsp3) is 0.469. The van der Waals surface area contributed by atoms with Crippen molar-refractivity contribution >= 4 is 22.4 Å². The lowest BCUT2D eigenvalue weighted by Gasteiger charge is -2.35. The van der Waals surface area contributed by atoms with Gasteiger partial charge in [0.15, 0.2) is 5.13 Å². The first-order valence-corrected chi connectivity index (χ1v) is 15.3. The average molecular weight is 573 g/mol. The fourth-order valence-corrected chi connectivity index (χ4v) is 7.47. The number of benzene rings is 2. The number of aromatic nitrogens is 1. The van der Waals surface area contributed by atoms with Crippen LogP contribution >= 0.6 is 11.3 Å². The monoisotopic (exact) mass is 572 g/mol. The summed E-state index contributed by atoms with van der Waals surface area (Å²) in [4.78, 5) is 21.4. The predicted octanol–water partition coefficient (Wildman–Crippen LogP) is 5.34. The summed E-state index contributed by atoms with van der Waals surface area (Å²) in [6, 6.07) is 14.9. The molecule has 1 aliphatic carbocycles. The number of nitriles is 1. The van der Waals surface area contributed by atoms with Crippen molar-refractivity contribution in [1.29, 1.82) is 5.26 Å². The van der Waals surface area contributed by atoms with Crippen LogP contribution in [0.1, 0.15) is 42.0 Å². The van der Waals surface area contributed by atoms with Gasteiger partial charge in [-0.15, -0.1) is 11.3 Å². The van der Waals surface area contributed by atoms with E-state index in [9.17, 15) is 15.2 Å². The van der Waals surface area contributed by atoms with Crippen LogP contribution < -0.4 is 9.64 Å². The molecule has 3 heterocycles. The Balaban J connectivity index is 1.17. The maximum Gasteiger partial charge on any atom is 0.307 e. The first kappa shape index (κ1) is 27.7. The number of piperidine rings is 1. The molecular formula is C32H36N4O4S. The Bertz CT molecular complexity index is 1450. The van der Waals surface area contributed by atoms with Gasteiger partial charge in [-0.05, 0) is 62.3 Å². The second-order valence-electron chi connectivity index (χ2n) is 11.7. The van der Waals surface area contributed by atoms with Gasteiger partial charge in [0.1, 0.15) is 12.4 Å². The molecule has 2 bridgehead atoms. The Labute approximate surface area is 245 Å². The molecule has 0 amide bonds. The van der Waals surface area contributed by atoms with E-state index in [1.54, 1.807) is 11.3 Å². The van der Waals surface area contributed by atoms with Crippen LogP contribution in [0.5, 0.6) is 5.75 Å². The maximum absolute atomic E-state index is 11.8. The molecule has 1 saturated carbocycles. The predicted molar refractivity (Wildman–Crippen MR) is 158 cm³/mol. The number of carboxylic acid groups (broad SMARTS) is 1. The third kappa shape index (κ3) is 5.82. The molecule has 2 aromatic carbocycles. The van der Waals surface area contributed by atoms with E-state index in [1.165, 1.54) is 0 Å². The van der Waals surface area contributed by atoms with Crippen LogP contribution in [0.2, 0.25) is 0 Å². The van der Waals surface area contributed by atoms with Gasteiger partial charge in [0.25, 0.3) is 0 Å². The third-order valence-electron chi connectivity index (χ3n) is 8.86. The minimum Gasteiger partial charge on any atom is -0.488 e. The molecule has 4 atom stereocenters. The van der Waals surface area contributed by atoms with Crippen molar-refractivity contribution in [3.8, 4) is 23.1 Å². The van der Waals surface area contributed by atoms with E-state index in [-0.39, 0.29) is 24.4 Å². The number of aryl methyl sites for hydroxylation is 1. The van der Waals surface area contributed by atoms with E-state index in [1.807, 2.05) is 24.3 Å². The number of aliphatic carboxylic acids is 1. The lowest BCUT2D eigenvalue weighted by atomic mass is 9.85. The number of ether oxygens (including phenoxy) is 2. The van der Waals surface area contributed by atoms with E-state index in [0.717, 1.165) is 91.1 Å². The van der Waals surface area contributed by atoms with Crippen LogP contribution in [-0.4, -0.2) is 59.8 Å². The van der Waals surface area contributed by atoms with Crippen LogP contribution in [0.15, 0.2) is 41.8 Å². The van der Waals surface area contributed by atoms with E-state index < -0.39 is 5.97 Å².